The fourth-order valence-electron chi connectivity index (χ4n) is 3.47. The Bertz CT molecular complexity index is 1630. The van der Waals surface area contributed by atoms with Gasteiger partial charge >= 0.3 is 20.2 Å². The highest BCUT2D eigenvalue weighted by atomic mass is 32.2. The first-order valence-corrected chi connectivity index (χ1v) is 14.0. The monoisotopic (exact) mass is 546 g/mol. The van der Waals surface area contributed by atoms with Crippen LogP contribution in [0.2, 0.25) is 0 Å². The van der Waals surface area contributed by atoms with Crippen LogP contribution >= 0.6 is 0 Å². The molecular formula is C28H22N2O6S2. The summed E-state index contributed by atoms with van der Waals surface area (Å²) in [5.41, 5.74) is 2.69. The number of oxime groups is 2. The third-order valence-corrected chi connectivity index (χ3v) is 7.73. The second-order valence-corrected chi connectivity index (χ2v) is 10.9. The number of rotatable bonds is 10. The number of hydrogen-bond donors (Lipinski definition) is 0. The van der Waals surface area contributed by atoms with E-state index >= 15 is 0 Å². The average Bonchev–Trinajstić information content (AvgIpc) is 2.94. The summed E-state index contributed by atoms with van der Waals surface area (Å²) in [6.07, 6.45) is 5.77. The molecule has 0 aliphatic heterocycles. The number of fused-ring (bicyclic) bond motifs is 1. The van der Waals surface area contributed by atoms with Crippen molar-refractivity contribution in [2.75, 3.05) is 0 Å². The average molecular weight is 547 g/mol. The molecule has 0 aliphatic rings. The van der Waals surface area contributed by atoms with Gasteiger partial charge in [0.2, 0.25) is 0 Å². The van der Waals surface area contributed by atoms with Crippen molar-refractivity contribution in [3.8, 4) is 0 Å². The van der Waals surface area contributed by atoms with Crippen LogP contribution in [0.4, 0.5) is 0 Å². The Labute approximate surface area is 221 Å². The summed E-state index contributed by atoms with van der Waals surface area (Å²) in [5, 5.41) is 8.77. The van der Waals surface area contributed by atoms with E-state index < -0.39 is 20.2 Å². The number of benzene rings is 4. The molecule has 38 heavy (non-hydrogen) atoms. The van der Waals surface area contributed by atoms with Crippen LogP contribution in [0, 0.1) is 0 Å². The van der Waals surface area contributed by atoms with Gasteiger partial charge in [-0.05, 0) is 46.2 Å². The lowest BCUT2D eigenvalue weighted by Crippen LogP contribution is -2.03. The standard InChI is InChI=1S/C28H22N2O6S2/c1-3-21-9-15-25(16-10-21)37(31,32)35-29-19-23-13-14-24(28-8-6-5-7-27(23)28)20-30-36-38(33,34)26-17-11-22(4-2)12-18-26/h3-20H,1-2H2. The van der Waals surface area contributed by atoms with Crippen molar-refractivity contribution in [3.05, 3.63) is 120 Å². The minimum atomic E-state index is -4.10. The van der Waals surface area contributed by atoms with Crippen molar-refractivity contribution in [2.45, 2.75) is 9.79 Å². The third-order valence-electron chi connectivity index (χ3n) is 5.47. The van der Waals surface area contributed by atoms with Gasteiger partial charge in [0, 0.05) is 11.1 Å². The minimum absolute atomic E-state index is 0.0386. The Balaban J connectivity index is 1.53. The highest BCUT2D eigenvalue weighted by Crippen LogP contribution is 2.22. The lowest BCUT2D eigenvalue weighted by atomic mass is 10.0. The maximum absolute atomic E-state index is 12.4. The molecule has 0 spiro atoms. The molecule has 4 aromatic carbocycles. The van der Waals surface area contributed by atoms with Gasteiger partial charge < -0.3 is 0 Å². The van der Waals surface area contributed by atoms with E-state index in [1.807, 2.05) is 0 Å². The maximum Gasteiger partial charge on any atom is 0.358 e. The predicted octanol–water partition coefficient (Wildman–Crippen LogP) is 5.60. The SMILES string of the molecule is C=Cc1ccc(S(=O)(=O)ON=Cc2ccc(C=NOS(=O)(=O)c3ccc(C=C)cc3)c3ccccc23)cc1. The maximum atomic E-state index is 12.4. The van der Waals surface area contributed by atoms with Crippen molar-refractivity contribution >= 4 is 55.6 Å². The Morgan fingerprint density at radius 3 is 1.26 bits per heavy atom. The summed E-state index contributed by atoms with van der Waals surface area (Å²) in [7, 11) is -8.20. The van der Waals surface area contributed by atoms with E-state index in [4.69, 9.17) is 8.57 Å². The van der Waals surface area contributed by atoms with Gasteiger partial charge in [0.1, 0.15) is 9.79 Å². The Morgan fingerprint density at radius 2 is 0.921 bits per heavy atom. The molecule has 4 rings (SSSR count). The molecule has 4 aromatic rings. The van der Waals surface area contributed by atoms with Crippen molar-refractivity contribution in [2.24, 2.45) is 10.3 Å². The molecule has 0 radical (unpaired) electrons. The second kappa shape index (κ2) is 11.2. The molecule has 0 bridgehead atoms. The van der Waals surface area contributed by atoms with E-state index in [9.17, 15) is 16.8 Å². The molecule has 0 heterocycles. The number of hydrogen-bond acceptors (Lipinski definition) is 8. The van der Waals surface area contributed by atoms with Crippen molar-refractivity contribution in [1.82, 2.24) is 0 Å². The first-order chi connectivity index (χ1) is 18.2. The van der Waals surface area contributed by atoms with Crippen molar-refractivity contribution in [3.63, 3.8) is 0 Å². The first-order valence-electron chi connectivity index (χ1n) is 11.1. The largest absolute Gasteiger partial charge is 0.358 e. The van der Waals surface area contributed by atoms with Crippen LogP contribution in [-0.4, -0.2) is 29.3 Å². The lowest BCUT2D eigenvalue weighted by molar-refractivity contribution is 0.340. The molecule has 0 saturated carbocycles. The minimum Gasteiger partial charge on any atom is -0.265 e. The van der Waals surface area contributed by atoms with Crippen LogP contribution in [0.3, 0.4) is 0 Å². The molecule has 0 aromatic heterocycles. The lowest BCUT2D eigenvalue weighted by Gasteiger charge is -2.06. The van der Waals surface area contributed by atoms with Gasteiger partial charge in [0.25, 0.3) is 0 Å². The summed E-state index contributed by atoms with van der Waals surface area (Å²) in [6.45, 7) is 7.27. The van der Waals surface area contributed by atoms with Crippen LogP contribution in [0.1, 0.15) is 22.3 Å². The summed E-state index contributed by atoms with van der Waals surface area (Å²) >= 11 is 0. The summed E-state index contributed by atoms with van der Waals surface area (Å²) in [6, 6.07) is 22.6. The molecule has 0 fully saturated rings. The fourth-order valence-corrected chi connectivity index (χ4v) is 4.89. The fraction of sp³-hybridized carbons (Fsp3) is 0. The second-order valence-electron chi connectivity index (χ2n) is 7.86. The number of nitrogens with zero attached hydrogens (tertiary/aromatic N) is 2. The van der Waals surface area contributed by atoms with E-state index in [0.717, 1.165) is 11.1 Å². The van der Waals surface area contributed by atoms with Crippen LogP contribution < -0.4 is 0 Å². The summed E-state index contributed by atoms with van der Waals surface area (Å²) < 4.78 is 59.4. The van der Waals surface area contributed by atoms with Gasteiger partial charge in [-0.15, -0.1) is 0 Å². The van der Waals surface area contributed by atoms with E-state index in [1.54, 1.807) is 72.8 Å². The molecule has 192 valence electrons. The molecule has 0 atom stereocenters. The molecule has 0 aliphatic carbocycles. The normalized spacial score (nSPS) is 12.1. The highest BCUT2D eigenvalue weighted by molar-refractivity contribution is 7.87. The Kier molecular flexibility index (Phi) is 7.85. The van der Waals surface area contributed by atoms with Gasteiger partial charge in [-0.2, -0.15) is 16.8 Å². The quantitative estimate of drug-likeness (QED) is 0.189. The van der Waals surface area contributed by atoms with E-state index in [1.165, 1.54) is 36.7 Å². The van der Waals surface area contributed by atoms with Crippen LogP contribution in [0.25, 0.3) is 22.9 Å². The molecule has 10 heteroatoms. The van der Waals surface area contributed by atoms with E-state index in [2.05, 4.69) is 23.5 Å². The van der Waals surface area contributed by atoms with Crippen molar-refractivity contribution in [1.29, 1.82) is 0 Å². The Hall–Kier alpha value is -4.54. The van der Waals surface area contributed by atoms with Gasteiger partial charge in [0.15, 0.2) is 0 Å². The zero-order valence-corrected chi connectivity index (χ0v) is 21.6. The van der Waals surface area contributed by atoms with Crippen LogP contribution in [0.15, 0.2) is 118 Å². The zero-order valence-electron chi connectivity index (χ0n) is 20.0. The van der Waals surface area contributed by atoms with E-state index in [-0.39, 0.29) is 9.79 Å². The highest BCUT2D eigenvalue weighted by Gasteiger charge is 2.16. The van der Waals surface area contributed by atoms with Gasteiger partial charge in [-0.3, -0.25) is 8.57 Å². The molecule has 0 amide bonds. The predicted molar refractivity (Wildman–Crippen MR) is 149 cm³/mol. The van der Waals surface area contributed by atoms with Gasteiger partial charge in [0.05, 0.1) is 12.4 Å². The summed E-state index contributed by atoms with van der Waals surface area (Å²) in [4.78, 5) is -0.0773. The topological polar surface area (TPSA) is 111 Å². The van der Waals surface area contributed by atoms with E-state index in [0.29, 0.717) is 21.9 Å². The van der Waals surface area contributed by atoms with Crippen LogP contribution in [0.5, 0.6) is 0 Å². The Morgan fingerprint density at radius 1 is 0.553 bits per heavy atom. The zero-order chi connectivity index (χ0) is 27.2. The van der Waals surface area contributed by atoms with Crippen molar-refractivity contribution < 1.29 is 25.4 Å². The summed E-state index contributed by atoms with van der Waals surface area (Å²) in [5.74, 6) is 0. The molecule has 8 nitrogen and oxygen atoms in total. The van der Waals surface area contributed by atoms with Gasteiger partial charge in [-0.25, -0.2) is 0 Å². The third kappa shape index (κ3) is 6.05. The molecule has 0 saturated heterocycles. The van der Waals surface area contributed by atoms with Gasteiger partial charge in [-0.1, -0.05) is 96.3 Å². The molecular weight excluding hydrogens is 524 g/mol. The van der Waals surface area contributed by atoms with Crippen LogP contribution in [-0.2, 0) is 28.8 Å². The first kappa shape index (κ1) is 26.5. The molecule has 0 N–H and O–H groups in total. The smallest absolute Gasteiger partial charge is 0.265 e. The molecule has 0 unspecified atom stereocenters.